The minimum absolute atomic E-state index is 0.178. The highest BCUT2D eigenvalue weighted by molar-refractivity contribution is 6.30. The van der Waals surface area contributed by atoms with E-state index in [0.717, 1.165) is 49.0 Å². The van der Waals surface area contributed by atoms with E-state index in [1.54, 1.807) is 7.05 Å². The van der Waals surface area contributed by atoms with E-state index in [4.69, 9.17) is 11.6 Å². The van der Waals surface area contributed by atoms with E-state index in [1.807, 2.05) is 18.2 Å². The fourth-order valence-corrected chi connectivity index (χ4v) is 3.21. The summed E-state index contributed by atoms with van der Waals surface area (Å²) < 4.78 is 0. The molecule has 0 bridgehead atoms. The summed E-state index contributed by atoms with van der Waals surface area (Å²) >= 11 is 6.08. The molecule has 1 aliphatic carbocycles. The van der Waals surface area contributed by atoms with Gasteiger partial charge in [-0.1, -0.05) is 17.7 Å². The topological polar surface area (TPSA) is 68.8 Å². The molecule has 1 saturated heterocycles. The minimum Gasteiger partial charge on any atom is -0.369 e. The molecule has 1 aromatic carbocycles. The van der Waals surface area contributed by atoms with Crippen molar-refractivity contribution in [2.45, 2.75) is 25.3 Å². The zero-order valence-electron chi connectivity index (χ0n) is 14.6. The Morgan fingerprint density at radius 3 is 2.80 bits per heavy atom. The average molecular weight is 364 g/mol. The van der Waals surface area contributed by atoms with Gasteiger partial charge in [-0.3, -0.25) is 9.79 Å². The summed E-state index contributed by atoms with van der Waals surface area (Å²) in [6, 6.07) is 8.30. The molecule has 1 aliphatic heterocycles. The summed E-state index contributed by atoms with van der Waals surface area (Å²) in [4.78, 5) is 18.2. The molecular formula is C18H26ClN5O. The van der Waals surface area contributed by atoms with E-state index in [1.165, 1.54) is 0 Å². The highest BCUT2D eigenvalue weighted by Crippen LogP contribution is 2.28. The summed E-state index contributed by atoms with van der Waals surface area (Å²) in [5, 5.41) is 10.4. The molecule has 0 spiro atoms. The summed E-state index contributed by atoms with van der Waals surface area (Å²) in [5.41, 5.74) is 1.16. The lowest BCUT2D eigenvalue weighted by atomic mass is 10.3. The molecule has 1 aromatic rings. The summed E-state index contributed by atoms with van der Waals surface area (Å²) in [6.07, 6.45) is 3.12. The zero-order chi connectivity index (χ0) is 17.6. The molecule has 0 radical (unpaired) electrons. The zero-order valence-corrected chi connectivity index (χ0v) is 15.4. The number of aliphatic imine (C=N–C) groups is 1. The van der Waals surface area contributed by atoms with Gasteiger partial charge in [-0.2, -0.15) is 0 Å². The number of benzene rings is 1. The van der Waals surface area contributed by atoms with Crippen LogP contribution >= 0.6 is 11.6 Å². The molecular weight excluding hydrogens is 338 g/mol. The van der Waals surface area contributed by atoms with E-state index in [9.17, 15) is 4.79 Å². The van der Waals surface area contributed by atoms with E-state index >= 15 is 0 Å². The smallest absolute Gasteiger partial charge is 0.223 e. The van der Waals surface area contributed by atoms with Crippen LogP contribution in [0.25, 0.3) is 0 Å². The lowest BCUT2D eigenvalue weighted by molar-refractivity contribution is -0.122. The second-order valence-corrected chi connectivity index (χ2v) is 7.06. The van der Waals surface area contributed by atoms with E-state index in [0.29, 0.717) is 19.1 Å². The number of nitrogens with one attached hydrogen (secondary N) is 3. The first-order chi connectivity index (χ1) is 12.2. The minimum atomic E-state index is 0.178. The molecule has 1 heterocycles. The summed E-state index contributed by atoms with van der Waals surface area (Å²) in [5.74, 6) is 1.21. The molecule has 1 saturated carbocycles. The van der Waals surface area contributed by atoms with Gasteiger partial charge in [0.05, 0.1) is 0 Å². The molecule has 2 aliphatic rings. The van der Waals surface area contributed by atoms with Gasteiger partial charge >= 0.3 is 0 Å². The Hall–Kier alpha value is -1.95. The van der Waals surface area contributed by atoms with Crippen molar-refractivity contribution in [1.82, 2.24) is 16.0 Å². The van der Waals surface area contributed by atoms with Gasteiger partial charge in [0.15, 0.2) is 5.96 Å². The third-order valence-corrected chi connectivity index (χ3v) is 4.83. The van der Waals surface area contributed by atoms with Crippen molar-refractivity contribution >= 4 is 29.2 Å². The van der Waals surface area contributed by atoms with Crippen LogP contribution in [0, 0.1) is 5.92 Å². The number of guanidine groups is 1. The van der Waals surface area contributed by atoms with E-state index < -0.39 is 0 Å². The van der Waals surface area contributed by atoms with Crippen molar-refractivity contribution in [2.24, 2.45) is 10.9 Å². The predicted molar refractivity (Wildman–Crippen MR) is 102 cm³/mol. The maximum atomic E-state index is 11.6. The van der Waals surface area contributed by atoms with Crippen LogP contribution in [0.5, 0.6) is 0 Å². The first kappa shape index (κ1) is 17.9. The standard InChI is InChI=1S/C18H26ClN5O/c1-20-18(22-9-8-21-17(25)13-5-6-13)23-15-7-10-24(12-15)16-4-2-3-14(19)11-16/h2-4,11,13,15H,5-10,12H2,1H3,(H,21,25)(H2,20,22,23). The molecule has 1 atom stereocenters. The maximum Gasteiger partial charge on any atom is 0.223 e. The molecule has 136 valence electrons. The Kier molecular flexibility index (Phi) is 6.02. The lowest BCUT2D eigenvalue weighted by Crippen LogP contribution is -2.46. The first-order valence-electron chi connectivity index (χ1n) is 8.91. The van der Waals surface area contributed by atoms with Crippen molar-refractivity contribution < 1.29 is 4.79 Å². The Bertz CT molecular complexity index is 632. The van der Waals surface area contributed by atoms with Crippen LogP contribution < -0.4 is 20.9 Å². The van der Waals surface area contributed by atoms with Crippen molar-refractivity contribution in [1.29, 1.82) is 0 Å². The predicted octanol–water partition coefficient (Wildman–Crippen LogP) is 1.61. The molecule has 2 fully saturated rings. The van der Waals surface area contributed by atoms with Gasteiger partial charge in [0.1, 0.15) is 0 Å². The van der Waals surface area contributed by atoms with Crippen LogP contribution in [0.1, 0.15) is 19.3 Å². The largest absolute Gasteiger partial charge is 0.369 e. The normalized spacial score (nSPS) is 20.5. The Labute approximate surface area is 154 Å². The number of rotatable bonds is 6. The number of carbonyl (C=O) groups is 1. The molecule has 7 heteroatoms. The number of nitrogens with zero attached hydrogens (tertiary/aromatic N) is 2. The Morgan fingerprint density at radius 2 is 2.08 bits per heavy atom. The molecule has 1 amide bonds. The molecule has 25 heavy (non-hydrogen) atoms. The van der Waals surface area contributed by atoms with Crippen LogP contribution in [0.4, 0.5) is 5.69 Å². The maximum absolute atomic E-state index is 11.6. The quantitative estimate of drug-likeness (QED) is 0.408. The third-order valence-electron chi connectivity index (χ3n) is 4.59. The van der Waals surface area contributed by atoms with Gasteiger partial charge in [-0.25, -0.2) is 0 Å². The van der Waals surface area contributed by atoms with E-state index in [2.05, 4.69) is 31.9 Å². The van der Waals surface area contributed by atoms with Crippen LogP contribution in [0.2, 0.25) is 5.02 Å². The van der Waals surface area contributed by atoms with Gasteiger partial charge in [-0.15, -0.1) is 0 Å². The molecule has 1 unspecified atom stereocenters. The molecule has 0 aromatic heterocycles. The monoisotopic (exact) mass is 363 g/mol. The fourth-order valence-electron chi connectivity index (χ4n) is 3.03. The highest BCUT2D eigenvalue weighted by Gasteiger charge is 2.29. The summed E-state index contributed by atoms with van der Waals surface area (Å²) in [7, 11) is 1.77. The Balaban J connectivity index is 1.39. The number of hydrogen-bond donors (Lipinski definition) is 3. The second kappa shape index (κ2) is 8.43. The van der Waals surface area contributed by atoms with Crippen molar-refractivity contribution in [3.63, 3.8) is 0 Å². The van der Waals surface area contributed by atoms with Crippen LogP contribution in [-0.4, -0.2) is 51.1 Å². The van der Waals surface area contributed by atoms with Gasteiger partial charge in [0.2, 0.25) is 5.91 Å². The average Bonchev–Trinajstić information content (AvgIpc) is 3.36. The number of amides is 1. The van der Waals surface area contributed by atoms with E-state index in [-0.39, 0.29) is 11.8 Å². The number of anilines is 1. The second-order valence-electron chi connectivity index (χ2n) is 6.62. The van der Waals surface area contributed by atoms with Crippen LogP contribution in [0.3, 0.4) is 0 Å². The number of hydrogen-bond acceptors (Lipinski definition) is 3. The van der Waals surface area contributed by atoms with Crippen molar-refractivity contribution in [3.05, 3.63) is 29.3 Å². The van der Waals surface area contributed by atoms with Gasteiger partial charge in [0, 0.05) is 55.9 Å². The lowest BCUT2D eigenvalue weighted by Gasteiger charge is -2.20. The number of halogens is 1. The fraction of sp³-hybridized carbons (Fsp3) is 0.556. The molecule has 3 rings (SSSR count). The van der Waals surface area contributed by atoms with Gasteiger partial charge in [0.25, 0.3) is 0 Å². The van der Waals surface area contributed by atoms with Gasteiger partial charge < -0.3 is 20.9 Å². The molecule has 6 nitrogen and oxygen atoms in total. The Morgan fingerprint density at radius 1 is 1.28 bits per heavy atom. The van der Waals surface area contributed by atoms with Crippen molar-refractivity contribution in [3.8, 4) is 0 Å². The van der Waals surface area contributed by atoms with Crippen LogP contribution in [-0.2, 0) is 4.79 Å². The summed E-state index contributed by atoms with van der Waals surface area (Å²) in [6.45, 7) is 3.20. The highest BCUT2D eigenvalue weighted by atomic mass is 35.5. The first-order valence-corrected chi connectivity index (χ1v) is 9.29. The SMILES string of the molecule is CN=C(NCCNC(=O)C1CC1)NC1CCN(c2cccc(Cl)c2)C1. The number of carbonyl (C=O) groups excluding carboxylic acids is 1. The van der Waals surface area contributed by atoms with Crippen molar-refractivity contribution in [2.75, 3.05) is 38.1 Å². The van der Waals surface area contributed by atoms with Gasteiger partial charge in [-0.05, 0) is 37.5 Å². The third kappa shape index (κ3) is 5.26. The van der Waals surface area contributed by atoms with Crippen LogP contribution in [0.15, 0.2) is 29.3 Å². The molecule has 3 N–H and O–H groups in total.